The monoisotopic (exact) mass is 375 g/mol. The lowest BCUT2D eigenvalue weighted by Gasteiger charge is -2.22. The van der Waals surface area contributed by atoms with Crippen molar-refractivity contribution < 1.29 is 19.4 Å². The largest absolute Gasteiger partial charge is 0.480 e. The Hall–Kier alpha value is -2.53. The molecule has 0 aliphatic heterocycles. The summed E-state index contributed by atoms with van der Waals surface area (Å²) in [7, 11) is 0. The van der Waals surface area contributed by atoms with E-state index < -0.39 is 23.7 Å². The Morgan fingerprint density at radius 2 is 1.54 bits per heavy atom. The zero-order valence-electron chi connectivity index (χ0n) is 15.0. The third kappa shape index (κ3) is 6.08. The highest BCUT2D eigenvalue weighted by molar-refractivity contribution is 6.30. The van der Waals surface area contributed by atoms with Gasteiger partial charge in [0.2, 0.25) is 0 Å². The van der Waals surface area contributed by atoms with Crippen LogP contribution < -0.4 is 5.32 Å². The highest BCUT2D eigenvalue weighted by Gasteiger charge is 2.24. The number of carboxylic acid groups (broad SMARTS) is 1. The van der Waals surface area contributed by atoms with Crippen molar-refractivity contribution in [2.75, 3.05) is 0 Å². The topological polar surface area (TPSA) is 75.6 Å². The Labute approximate surface area is 157 Å². The van der Waals surface area contributed by atoms with Gasteiger partial charge in [-0.05, 0) is 49.6 Å². The molecule has 2 N–H and O–H groups in total. The van der Waals surface area contributed by atoms with Crippen LogP contribution in [-0.2, 0) is 16.0 Å². The van der Waals surface area contributed by atoms with E-state index in [-0.39, 0.29) is 6.42 Å². The number of benzene rings is 2. The van der Waals surface area contributed by atoms with Gasteiger partial charge in [0.05, 0.1) is 0 Å². The van der Waals surface area contributed by atoms with Gasteiger partial charge in [-0.15, -0.1) is 0 Å². The van der Waals surface area contributed by atoms with Gasteiger partial charge in [0.15, 0.2) is 0 Å². The smallest absolute Gasteiger partial charge is 0.408 e. The number of carbonyl (C=O) groups is 2. The lowest BCUT2D eigenvalue weighted by molar-refractivity contribution is -0.139. The zero-order chi connectivity index (χ0) is 19.3. The molecular formula is C20H22ClNO4. The molecule has 1 unspecified atom stereocenters. The molecule has 1 amide bonds. The van der Waals surface area contributed by atoms with Gasteiger partial charge in [0.25, 0.3) is 0 Å². The van der Waals surface area contributed by atoms with Crippen LogP contribution >= 0.6 is 11.6 Å². The van der Waals surface area contributed by atoms with Crippen LogP contribution in [0.3, 0.4) is 0 Å². The molecule has 2 rings (SSSR count). The quantitative estimate of drug-likeness (QED) is 0.805. The first-order chi connectivity index (χ1) is 12.1. The molecular weight excluding hydrogens is 354 g/mol. The highest BCUT2D eigenvalue weighted by Crippen LogP contribution is 2.22. The van der Waals surface area contributed by atoms with Gasteiger partial charge in [-0.25, -0.2) is 9.59 Å². The van der Waals surface area contributed by atoms with Gasteiger partial charge in [-0.1, -0.05) is 48.0 Å². The molecule has 138 valence electrons. The van der Waals surface area contributed by atoms with Gasteiger partial charge >= 0.3 is 12.1 Å². The number of amides is 1. The molecule has 2 aromatic carbocycles. The first-order valence-electron chi connectivity index (χ1n) is 8.21. The second kappa shape index (κ2) is 8.23. The van der Waals surface area contributed by atoms with E-state index in [1.165, 1.54) is 0 Å². The van der Waals surface area contributed by atoms with E-state index in [9.17, 15) is 14.7 Å². The molecule has 0 bridgehead atoms. The fourth-order valence-corrected chi connectivity index (χ4v) is 2.49. The number of carbonyl (C=O) groups excluding carboxylic acids is 1. The predicted molar refractivity (Wildman–Crippen MR) is 101 cm³/mol. The molecule has 0 aliphatic carbocycles. The summed E-state index contributed by atoms with van der Waals surface area (Å²) in [5, 5.41) is 12.4. The summed E-state index contributed by atoms with van der Waals surface area (Å²) in [6.07, 6.45) is -0.585. The van der Waals surface area contributed by atoms with Crippen LogP contribution in [0.2, 0.25) is 5.02 Å². The van der Waals surface area contributed by atoms with Gasteiger partial charge in [-0.2, -0.15) is 0 Å². The second-order valence-corrected chi connectivity index (χ2v) is 7.38. The normalized spacial score (nSPS) is 12.3. The molecule has 0 spiro atoms. The molecule has 5 nitrogen and oxygen atoms in total. The highest BCUT2D eigenvalue weighted by atomic mass is 35.5. The van der Waals surface area contributed by atoms with Crippen molar-refractivity contribution >= 4 is 23.7 Å². The molecule has 0 fully saturated rings. The number of hydrogen-bond acceptors (Lipinski definition) is 3. The third-order valence-corrected chi connectivity index (χ3v) is 3.81. The number of halogens is 1. The Morgan fingerprint density at radius 3 is 2.00 bits per heavy atom. The average Bonchev–Trinajstić information content (AvgIpc) is 2.54. The van der Waals surface area contributed by atoms with E-state index in [0.29, 0.717) is 5.02 Å². The Morgan fingerprint density at radius 1 is 1.04 bits per heavy atom. The van der Waals surface area contributed by atoms with Gasteiger partial charge < -0.3 is 15.2 Å². The van der Waals surface area contributed by atoms with E-state index in [1.807, 2.05) is 48.5 Å². The summed E-state index contributed by atoms with van der Waals surface area (Å²) in [6, 6.07) is 13.9. The van der Waals surface area contributed by atoms with E-state index in [1.54, 1.807) is 20.8 Å². The number of alkyl carbamates (subject to hydrolysis) is 1. The maximum Gasteiger partial charge on any atom is 0.408 e. The first kappa shape index (κ1) is 19.8. The summed E-state index contributed by atoms with van der Waals surface area (Å²) in [5.74, 6) is -1.11. The zero-order valence-corrected chi connectivity index (χ0v) is 15.7. The summed E-state index contributed by atoms with van der Waals surface area (Å²) in [6.45, 7) is 5.16. The number of nitrogens with one attached hydrogen (secondary N) is 1. The lowest BCUT2D eigenvalue weighted by atomic mass is 10.0. The van der Waals surface area contributed by atoms with Crippen LogP contribution in [0.4, 0.5) is 4.79 Å². The molecule has 1 atom stereocenters. The lowest BCUT2D eigenvalue weighted by Crippen LogP contribution is -2.44. The minimum absolute atomic E-state index is 0.162. The molecule has 26 heavy (non-hydrogen) atoms. The standard InChI is InChI=1S/C20H22ClNO4/c1-20(2,3)26-19(25)22-17(18(23)24)12-13-4-6-14(7-5-13)15-8-10-16(21)11-9-15/h4-11,17H,12H2,1-3H3,(H,22,25)(H,23,24). The Bertz CT molecular complexity index is 764. The van der Waals surface area contributed by atoms with E-state index in [4.69, 9.17) is 16.3 Å². The SMILES string of the molecule is CC(C)(C)OC(=O)NC(Cc1ccc(-c2ccc(Cl)cc2)cc1)C(=O)O. The van der Waals surface area contributed by atoms with Crippen molar-refractivity contribution in [1.82, 2.24) is 5.32 Å². The van der Waals surface area contributed by atoms with E-state index in [0.717, 1.165) is 16.7 Å². The molecule has 0 saturated heterocycles. The third-order valence-electron chi connectivity index (χ3n) is 3.56. The van der Waals surface area contributed by atoms with Crippen LogP contribution in [0, 0.1) is 0 Å². The van der Waals surface area contributed by atoms with E-state index in [2.05, 4.69) is 5.32 Å². The van der Waals surface area contributed by atoms with Crippen LogP contribution in [0.1, 0.15) is 26.3 Å². The minimum atomic E-state index is -1.11. The van der Waals surface area contributed by atoms with Crippen LogP contribution in [0.5, 0.6) is 0 Å². The predicted octanol–water partition coefficient (Wildman–Crippen LogP) is 4.53. The Kier molecular flexibility index (Phi) is 6.27. The van der Waals surface area contributed by atoms with Crippen molar-refractivity contribution in [2.45, 2.75) is 38.8 Å². The molecule has 0 aromatic heterocycles. The summed E-state index contributed by atoms with van der Waals surface area (Å²) in [4.78, 5) is 23.3. The molecule has 0 radical (unpaired) electrons. The number of aliphatic carboxylic acids is 1. The second-order valence-electron chi connectivity index (χ2n) is 6.94. The van der Waals surface area contributed by atoms with Crippen molar-refractivity contribution in [2.24, 2.45) is 0 Å². The maximum absolute atomic E-state index is 11.8. The van der Waals surface area contributed by atoms with Crippen molar-refractivity contribution in [3.05, 3.63) is 59.1 Å². The molecule has 0 aliphatic rings. The fourth-order valence-electron chi connectivity index (χ4n) is 2.36. The fraction of sp³-hybridized carbons (Fsp3) is 0.300. The number of carboxylic acids is 1. The number of ether oxygens (including phenoxy) is 1. The maximum atomic E-state index is 11.8. The van der Waals surface area contributed by atoms with E-state index >= 15 is 0 Å². The average molecular weight is 376 g/mol. The Balaban J connectivity index is 2.06. The number of hydrogen-bond donors (Lipinski definition) is 2. The molecule has 2 aromatic rings. The summed E-state index contributed by atoms with van der Waals surface area (Å²) < 4.78 is 5.12. The molecule has 0 heterocycles. The van der Waals surface area contributed by atoms with Crippen molar-refractivity contribution in [3.8, 4) is 11.1 Å². The van der Waals surface area contributed by atoms with Gasteiger partial charge in [-0.3, -0.25) is 0 Å². The minimum Gasteiger partial charge on any atom is -0.480 e. The molecule has 0 saturated carbocycles. The first-order valence-corrected chi connectivity index (χ1v) is 8.59. The van der Waals surface area contributed by atoms with Crippen LogP contribution in [-0.4, -0.2) is 28.8 Å². The van der Waals surface area contributed by atoms with Gasteiger partial charge in [0.1, 0.15) is 11.6 Å². The van der Waals surface area contributed by atoms with Crippen molar-refractivity contribution in [3.63, 3.8) is 0 Å². The van der Waals surface area contributed by atoms with Gasteiger partial charge in [0, 0.05) is 11.4 Å². The van der Waals surface area contributed by atoms with Crippen LogP contribution in [0.15, 0.2) is 48.5 Å². The summed E-state index contributed by atoms with van der Waals surface area (Å²) in [5.41, 5.74) is 2.12. The van der Waals surface area contributed by atoms with Crippen molar-refractivity contribution in [1.29, 1.82) is 0 Å². The number of rotatable bonds is 5. The van der Waals surface area contributed by atoms with Crippen LogP contribution in [0.25, 0.3) is 11.1 Å². The summed E-state index contributed by atoms with van der Waals surface area (Å²) >= 11 is 5.89. The molecule has 6 heteroatoms.